The highest BCUT2D eigenvalue weighted by Crippen LogP contribution is 2.40. The largest absolute Gasteiger partial charge is 0.381 e. The van der Waals surface area contributed by atoms with Crippen molar-refractivity contribution in [2.45, 2.75) is 32.3 Å². The Bertz CT molecular complexity index is 337. The van der Waals surface area contributed by atoms with Crippen LogP contribution in [0.5, 0.6) is 0 Å². The molecule has 2 rings (SSSR count). The highest BCUT2D eigenvalue weighted by atomic mass is 32.1. The molecule has 1 aromatic rings. The summed E-state index contributed by atoms with van der Waals surface area (Å²) in [6, 6.07) is 2.01. The molecule has 14 heavy (non-hydrogen) atoms. The Balaban J connectivity index is 2.29. The van der Waals surface area contributed by atoms with E-state index in [-0.39, 0.29) is 5.41 Å². The van der Waals surface area contributed by atoms with Gasteiger partial charge < -0.3 is 5.11 Å². The van der Waals surface area contributed by atoms with Gasteiger partial charge in [0, 0.05) is 0 Å². The SMILES string of the molecule is CC1(C)C=CC(O)(c2ccsc2)CC1. The average Bonchev–Trinajstić information content (AvgIpc) is 2.64. The van der Waals surface area contributed by atoms with E-state index in [9.17, 15) is 5.11 Å². The smallest absolute Gasteiger partial charge is 0.109 e. The first-order chi connectivity index (χ1) is 6.52. The molecule has 76 valence electrons. The lowest BCUT2D eigenvalue weighted by atomic mass is 9.75. The maximum Gasteiger partial charge on any atom is 0.109 e. The molecule has 1 aliphatic carbocycles. The minimum Gasteiger partial charge on any atom is -0.381 e. The van der Waals surface area contributed by atoms with Gasteiger partial charge in [-0.1, -0.05) is 26.0 Å². The standard InChI is InChI=1S/C12H16OS/c1-11(2)4-6-12(13,7-5-11)10-3-8-14-9-10/h3-4,6,8-9,13H,5,7H2,1-2H3. The zero-order valence-corrected chi connectivity index (χ0v) is 9.47. The van der Waals surface area contributed by atoms with Crippen LogP contribution >= 0.6 is 11.3 Å². The van der Waals surface area contributed by atoms with Gasteiger partial charge in [0.15, 0.2) is 0 Å². The van der Waals surface area contributed by atoms with Crippen LogP contribution in [0.1, 0.15) is 32.3 Å². The molecule has 0 aliphatic heterocycles. The third-order valence-electron chi connectivity index (χ3n) is 2.98. The molecule has 0 fully saturated rings. The molecular weight excluding hydrogens is 192 g/mol. The highest BCUT2D eigenvalue weighted by Gasteiger charge is 2.33. The molecule has 1 nitrogen and oxygen atoms in total. The van der Waals surface area contributed by atoms with Gasteiger partial charge in [-0.25, -0.2) is 0 Å². The summed E-state index contributed by atoms with van der Waals surface area (Å²) in [5, 5.41) is 14.4. The van der Waals surface area contributed by atoms with Gasteiger partial charge in [-0.15, -0.1) is 0 Å². The van der Waals surface area contributed by atoms with Crippen molar-refractivity contribution in [2.24, 2.45) is 5.41 Å². The molecule has 1 atom stereocenters. The van der Waals surface area contributed by atoms with Crippen molar-refractivity contribution >= 4 is 11.3 Å². The van der Waals surface area contributed by atoms with Gasteiger partial charge in [0.1, 0.15) is 5.60 Å². The Kier molecular flexibility index (Phi) is 2.28. The Morgan fingerprint density at radius 1 is 1.29 bits per heavy atom. The molecular formula is C12H16OS. The fourth-order valence-electron chi connectivity index (χ4n) is 1.79. The van der Waals surface area contributed by atoms with Gasteiger partial charge in [0.2, 0.25) is 0 Å². The Labute approximate surface area is 89.1 Å². The molecule has 0 saturated heterocycles. The molecule has 1 aromatic heterocycles. The van der Waals surface area contributed by atoms with Crippen molar-refractivity contribution in [3.63, 3.8) is 0 Å². The van der Waals surface area contributed by atoms with Crippen LogP contribution in [0.4, 0.5) is 0 Å². The minimum absolute atomic E-state index is 0.238. The molecule has 1 N–H and O–H groups in total. The fraction of sp³-hybridized carbons (Fsp3) is 0.500. The van der Waals surface area contributed by atoms with Gasteiger partial charge >= 0.3 is 0 Å². The summed E-state index contributed by atoms with van der Waals surface area (Å²) in [5.74, 6) is 0. The molecule has 2 heteroatoms. The summed E-state index contributed by atoms with van der Waals surface area (Å²) in [6.45, 7) is 4.41. The molecule has 0 spiro atoms. The first-order valence-electron chi connectivity index (χ1n) is 4.97. The zero-order valence-electron chi connectivity index (χ0n) is 8.66. The van der Waals surface area contributed by atoms with Crippen molar-refractivity contribution in [2.75, 3.05) is 0 Å². The maximum absolute atomic E-state index is 10.4. The third kappa shape index (κ3) is 1.77. The van der Waals surface area contributed by atoms with E-state index in [2.05, 4.69) is 19.9 Å². The summed E-state index contributed by atoms with van der Waals surface area (Å²) in [5.41, 5.74) is 0.562. The number of hydrogen-bond acceptors (Lipinski definition) is 2. The van der Waals surface area contributed by atoms with E-state index in [0.717, 1.165) is 18.4 Å². The van der Waals surface area contributed by atoms with Gasteiger partial charge in [0.05, 0.1) is 0 Å². The normalized spacial score (nSPS) is 30.5. The molecule has 0 radical (unpaired) electrons. The van der Waals surface area contributed by atoms with Gasteiger partial charge in [-0.3, -0.25) is 0 Å². The number of rotatable bonds is 1. The lowest BCUT2D eigenvalue weighted by Gasteiger charge is -2.34. The Morgan fingerprint density at radius 3 is 2.57 bits per heavy atom. The van der Waals surface area contributed by atoms with Crippen molar-refractivity contribution in [3.8, 4) is 0 Å². The third-order valence-corrected chi connectivity index (χ3v) is 3.67. The van der Waals surface area contributed by atoms with Crippen LogP contribution in [-0.4, -0.2) is 5.11 Å². The zero-order chi connectivity index (χ0) is 10.2. The van der Waals surface area contributed by atoms with Crippen LogP contribution in [0.25, 0.3) is 0 Å². The number of allylic oxidation sites excluding steroid dienone is 1. The predicted molar refractivity (Wildman–Crippen MR) is 60.4 cm³/mol. The van der Waals surface area contributed by atoms with E-state index in [4.69, 9.17) is 0 Å². The minimum atomic E-state index is -0.713. The van der Waals surface area contributed by atoms with Crippen molar-refractivity contribution in [3.05, 3.63) is 34.5 Å². The first kappa shape index (κ1) is 9.94. The second kappa shape index (κ2) is 3.21. The summed E-state index contributed by atoms with van der Waals surface area (Å²) in [4.78, 5) is 0. The first-order valence-corrected chi connectivity index (χ1v) is 5.92. The van der Waals surface area contributed by atoms with Crippen LogP contribution in [0, 0.1) is 5.41 Å². The highest BCUT2D eigenvalue weighted by molar-refractivity contribution is 7.08. The van der Waals surface area contributed by atoms with Gasteiger partial charge in [-0.2, -0.15) is 11.3 Å². The summed E-state index contributed by atoms with van der Waals surface area (Å²) in [7, 11) is 0. The van der Waals surface area contributed by atoms with Crippen LogP contribution in [0.3, 0.4) is 0 Å². The van der Waals surface area contributed by atoms with Crippen molar-refractivity contribution in [1.82, 2.24) is 0 Å². The molecule has 1 heterocycles. The van der Waals surface area contributed by atoms with Crippen molar-refractivity contribution < 1.29 is 5.11 Å². The predicted octanol–water partition coefficient (Wildman–Crippen LogP) is 3.31. The van der Waals surface area contributed by atoms with E-state index < -0.39 is 5.60 Å². The number of aliphatic hydroxyl groups is 1. The molecule has 0 amide bonds. The molecule has 0 aromatic carbocycles. The Hall–Kier alpha value is -0.600. The number of hydrogen-bond donors (Lipinski definition) is 1. The van der Waals surface area contributed by atoms with Crippen LogP contribution in [0.15, 0.2) is 29.0 Å². The van der Waals surface area contributed by atoms with E-state index in [1.165, 1.54) is 0 Å². The quantitative estimate of drug-likeness (QED) is 0.702. The van der Waals surface area contributed by atoms with Crippen LogP contribution in [-0.2, 0) is 5.60 Å². The summed E-state index contributed by atoms with van der Waals surface area (Å²) in [6.07, 6.45) is 5.95. The van der Waals surface area contributed by atoms with E-state index >= 15 is 0 Å². The molecule has 1 aliphatic rings. The fourth-order valence-corrected chi connectivity index (χ4v) is 2.53. The summed E-state index contributed by atoms with van der Waals surface area (Å²) < 4.78 is 0. The lowest BCUT2D eigenvalue weighted by molar-refractivity contribution is 0.0585. The molecule has 0 saturated carbocycles. The summed E-state index contributed by atoms with van der Waals surface area (Å²) >= 11 is 1.64. The second-order valence-electron chi connectivity index (χ2n) is 4.76. The van der Waals surface area contributed by atoms with Gasteiger partial charge in [0.25, 0.3) is 0 Å². The second-order valence-corrected chi connectivity index (χ2v) is 5.54. The van der Waals surface area contributed by atoms with Crippen LogP contribution in [0.2, 0.25) is 0 Å². The molecule has 0 bridgehead atoms. The lowest BCUT2D eigenvalue weighted by Crippen LogP contribution is -2.29. The van der Waals surface area contributed by atoms with Crippen molar-refractivity contribution in [1.29, 1.82) is 0 Å². The van der Waals surface area contributed by atoms with E-state index in [1.54, 1.807) is 11.3 Å². The molecule has 1 unspecified atom stereocenters. The van der Waals surface area contributed by atoms with Gasteiger partial charge in [-0.05, 0) is 40.6 Å². The Morgan fingerprint density at radius 2 is 2.07 bits per heavy atom. The topological polar surface area (TPSA) is 20.2 Å². The van der Waals surface area contributed by atoms with Crippen LogP contribution < -0.4 is 0 Å². The maximum atomic E-state index is 10.4. The van der Waals surface area contributed by atoms with E-state index in [0.29, 0.717) is 0 Å². The van der Waals surface area contributed by atoms with E-state index in [1.807, 2.05) is 22.9 Å². The average molecular weight is 208 g/mol. The monoisotopic (exact) mass is 208 g/mol. The number of thiophene rings is 1.